The first kappa shape index (κ1) is 20.8. The zero-order valence-electron chi connectivity index (χ0n) is 16.7. The van der Waals surface area contributed by atoms with Gasteiger partial charge in [-0.25, -0.2) is 0 Å². The summed E-state index contributed by atoms with van der Waals surface area (Å²) in [6.07, 6.45) is 6.58. The third kappa shape index (κ3) is 5.78. The van der Waals surface area contributed by atoms with Crippen molar-refractivity contribution in [1.29, 1.82) is 0 Å². The number of Topliss-reactive ketones (excluding diaryl/α,β-unsaturated/α-hetero) is 1. The van der Waals surface area contributed by atoms with E-state index >= 15 is 0 Å². The van der Waals surface area contributed by atoms with Crippen molar-refractivity contribution in [2.45, 2.75) is 13.0 Å². The first-order chi connectivity index (χ1) is 14.5. The van der Waals surface area contributed by atoms with Crippen molar-refractivity contribution in [3.8, 4) is 5.75 Å². The number of nitrogen functional groups attached to an aromatic ring is 1. The quantitative estimate of drug-likeness (QED) is 0.445. The summed E-state index contributed by atoms with van der Waals surface area (Å²) < 4.78 is 5.17. The molecule has 0 saturated heterocycles. The van der Waals surface area contributed by atoms with E-state index in [4.69, 9.17) is 10.5 Å². The predicted octanol–water partition coefficient (Wildman–Crippen LogP) is 3.43. The molecule has 6 nitrogen and oxygen atoms in total. The first-order valence-electron chi connectivity index (χ1n) is 9.45. The van der Waals surface area contributed by atoms with Crippen molar-refractivity contribution >= 4 is 23.5 Å². The Morgan fingerprint density at radius 3 is 2.67 bits per heavy atom. The van der Waals surface area contributed by atoms with Crippen molar-refractivity contribution in [2.24, 2.45) is 0 Å². The maximum Gasteiger partial charge on any atom is 0.244 e. The molecule has 0 radical (unpaired) electrons. The van der Waals surface area contributed by atoms with Crippen LogP contribution in [0.1, 0.15) is 27.0 Å². The molecule has 3 aromatic rings. The van der Waals surface area contributed by atoms with Gasteiger partial charge >= 0.3 is 0 Å². The average molecular weight is 401 g/mol. The number of nitrogens with one attached hydrogen (secondary N) is 1. The van der Waals surface area contributed by atoms with Gasteiger partial charge in [0.1, 0.15) is 5.75 Å². The second kappa shape index (κ2) is 10.0. The van der Waals surface area contributed by atoms with E-state index in [0.717, 1.165) is 22.4 Å². The number of ether oxygens (including phenoxy) is 1. The number of benzene rings is 2. The maximum atomic E-state index is 12.4. The molecular formula is C24H23N3O3. The van der Waals surface area contributed by atoms with Crippen LogP contribution < -0.4 is 15.8 Å². The summed E-state index contributed by atoms with van der Waals surface area (Å²) in [5, 5.41) is 2.83. The highest BCUT2D eigenvalue weighted by Crippen LogP contribution is 2.15. The zero-order chi connectivity index (χ0) is 21.3. The molecule has 3 N–H and O–H groups in total. The van der Waals surface area contributed by atoms with Gasteiger partial charge in [0.15, 0.2) is 5.78 Å². The highest BCUT2D eigenvalue weighted by Gasteiger charge is 2.09. The number of hydrogen-bond donors (Lipinski definition) is 2. The van der Waals surface area contributed by atoms with Crippen LogP contribution in [0.4, 0.5) is 5.69 Å². The number of aromatic nitrogens is 1. The smallest absolute Gasteiger partial charge is 0.244 e. The van der Waals surface area contributed by atoms with Crippen LogP contribution in [0.15, 0.2) is 73.1 Å². The number of nitrogens with two attached hydrogens (primary N) is 1. The summed E-state index contributed by atoms with van der Waals surface area (Å²) in [7, 11) is 1.60. The van der Waals surface area contributed by atoms with Crippen LogP contribution in [0.3, 0.4) is 0 Å². The number of hydrogen-bond acceptors (Lipinski definition) is 5. The highest BCUT2D eigenvalue weighted by molar-refractivity contribution is 5.98. The summed E-state index contributed by atoms with van der Waals surface area (Å²) in [6.45, 7) is 0.368. The normalized spacial score (nSPS) is 10.7. The third-order valence-corrected chi connectivity index (χ3v) is 4.56. The molecule has 0 aliphatic carbocycles. The van der Waals surface area contributed by atoms with Gasteiger partial charge in [0.2, 0.25) is 5.91 Å². The summed E-state index contributed by atoms with van der Waals surface area (Å²) in [5.74, 6) is 0.509. The number of amides is 1. The lowest BCUT2D eigenvalue weighted by Crippen LogP contribution is -2.20. The Kier molecular flexibility index (Phi) is 6.95. The number of methoxy groups -OCH3 is 1. The number of ketones is 1. The Hall–Kier alpha value is -3.93. The van der Waals surface area contributed by atoms with Gasteiger partial charge in [-0.1, -0.05) is 36.4 Å². The van der Waals surface area contributed by atoms with Gasteiger partial charge in [0, 0.05) is 30.8 Å². The zero-order valence-corrected chi connectivity index (χ0v) is 16.7. The number of carbonyl (C=O) groups is 2. The lowest BCUT2D eigenvalue weighted by atomic mass is 10.0. The fourth-order valence-electron chi connectivity index (χ4n) is 2.85. The molecule has 30 heavy (non-hydrogen) atoms. The molecule has 0 atom stereocenters. The largest absolute Gasteiger partial charge is 0.497 e. The Labute approximate surface area is 175 Å². The molecule has 3 rings (SSSR count). The predicted molar refractivity (Wildman–Crippen MR) is 117 cm³/mol. The van der Waals surface area contributed by atoms with E-state index in [1.165, 1.54) is 12.3 Å². The Bertz CT molecular complexity index is 1060. The summed E-state index contributed by atoms with van der Waals surface area (Å²) in [6, 6.07) is 16.4. The molecule has 0 aliphatic rings. The molecule has 0 fully saturated rings. The van der Waals surface area contributed by atoms with Gasteiger partial charge in [-0.3, -0.25) is 14.6 Å². The number of rotatable bonds is 8. The molecule has 0 spiro atoms. The molecule has 2 aromatic carbocycles. The van der Waals surface area contributed by atoms with Crippen molar-refractivity contribution in [3.63, 3.8) is 0 Å². The van der Waals surface area contributed by atoms with Crippen LogP contribution in [-0.2, 0) is 17.8 Å². The summed E-state index contributed by atoms with van der Waals surface area (Å²) in [4.78, 5) is 28.4. The molecule has 0 saturated carbocycles. The van der Waals surface area contributed by atoms with Crippen molar-refractivity contribution in [3.05, 3.63) is 95.3 Å². The third-order valence-electron chi connectivity index (χ3n) is 4.56. The van der Waals surface area contributed by atoms with E-state index in [2.05, 4.69) is 10.3 Å². The minimum absolute atomic E-state index is 0.0234. The number of anilines is 1. The van der Waals surface area contributed by atoms with Crippen LogP contribution >= 0.6 is 0 Å². The fourth-order valence-corrected chi connectivity index (χ4v) is 2.85. The van der Waals surface area contributed by atoms with E-state index in [1.54, 1.807) is 37.6 Å². The van der Waals surface area contributed by atoms with Gasteiger partial charge in [0.05, 0.1) is 19.0 Å². The Morgan fingerprint density at radius 1 is 1.13 bits per heavy atom. The van der Waals surface area contributed by atoms with Gasteiger partial charge < -0.3 is 15.8 Å². The molecule has 0 aliphatic heterocycles. The lowest BCUT2D eigenvalue weighted by Gasteiger charge is -2.06. The van der Waals surface area contributed by atoms with Crippen LogP contribution in [-0.4, -0.2) is 23.8 Å². The molecule has 6 heteroatoms. The molecule has 0 unspecified atom stereocenters. The second-order valence-corrected chi connectivity index (χ2v) is 6.70. The van der Waals surface area contributed by atoms with E-state index < -0.39 is 0 Å². The molecule has 1 heterocycles. The van der Waals surface area contributed by atoms with Crippen molar-refractivity contribution in [1.82, 2.24) is 10.3 Å². The minimum atomic E-state index is -0.203. The molecular weight excluding hydrogens is 378 g/mol. The van der Waals surface area contributed by atoms with Crippen LogP contribution in [0.2, 0.25) is 0 Å². The summed E-state index contributed by atoms with van der Waals surface area (Å²) in [5.41, 5.74) is 9.49. The van der Waals surface area contributed by atoms with Gasteiger partial charge in [-0.05, 0) is 41.0 Å². The SMILES string of the molecule is COc1cccc(/C=C/C(=O)NCc2ccc(C(=O)Cc3ccncc3N)cc2)c1. The molecule has 1 aromatic heterocycles. The van der Waals surface area contributed by atoms with Gasteiger partial charge in [-0.2, -0.15) is 0 Å². The molecule has 152 valence electrons. The maximum absolute atomic E-state index is 12.4. The van der Waals surface area contributed by atoms with Crippen LogP contribution in [0.25, 0.3) is 6.08 Å². The number of nitrogens with zero attached hydrogens (tertiary/aromatic N) is 1. The van der Waals surface area contributed by atoms with E-state index in [0.29, 0.717) is 17.8 Å². The molecule has 0 bridgehead atoms. The Balaban J connectivity index is 1.52. The van der Waals surface area contributed by atoms with Crippen molar-refractivity contribution < 1.29 is 14.3 Å². The minimum Gasteiger partial charge on any atom is -0.497 e. The lowest BCUT2D eigenvalue weighted by molar-refractivity contribution is -0.116. The van der Waals surface area contributed by atoms with Crippen molar-refractivity contribution in [2.75, 3.05) is 12.8 Å². The highest BCUT2D eigenvalue weighted by atomic mass is 16.5. The monoisotopic (exact) mass is 401 g/mol. The van der Waals surface area contributed by atoms with E-state index in [1.807, 2.05) is 36.4 Å². The summed E-state index contributed by atoms with van der Waals surface area (Å²) >= 11 is 0. The van der Waals surface area contributed by atoms with E-state index in [9.17, 15) is 9.59 Å². The molecule has 1 amide bonds. The van der Waals surface area contributed by atoms with Crippen LogP contribution in [0, 0.1) is 0 Å². The van der Waals surface area contributed by atoms with E-state index in [-0.39, 0.29) is 18.1 Å². The fraction of sp³-hybridized carbons (Fsp3) is 0.125. The van der Waals surface area contributed by atoms with Gasteiger partial charge in [-0.15, -0.1) is 0 Å². The topological polar surface area (TPSA) is 94.3 Å². The standard InChI is InChI=1S/C24H23N3O3/c1-30-21-4-2-3-17(13-21)7-10-24(29)27-15-18-5-8-19(9-6-18)23(28)14-20-11-12-26-16-22(20)25/h2-13,16H,14-15,25H2,1H3,(H,27,29)/b10-7+. The van der Waals surface area contributed by atoms with Crippen LogP contribution in [0.5, 0.6) is 5.75 Å². The Morgan fingerprint density at radius 2 is 1.93 bits per heavy atom. The second-order valence-electron chi connectivity index (χ2n) is 6.70. The first-order valence-corrected chi connectivity index (χ1v) is 9.45. The average Bonchev–Trinajstić information content (AvgIpc) is 2.78. The number of carbonyl (C=O) groups excluding carboxylic acids is 2. The van der Waals surface area contributed by atoms with Gasteiger partial charge in [0.25, 0.3) is 0 Å². The number of pyridine rings is 1.